The number of amides is 1. The molecule has 0 unspecified atom stereocenters. The molecule has 3 heteroatoms. The third kappa shape index (κ3) is 4.56. The van der Waals surface area contributed by atoms with Crippen molar-refractivity contribution in [3.63, 3.8) is 0 Å². The standard InChI is InChI=1S/C16H17NO2/c18-16(15-9-5-2-6-10-15)17-11-12-19-13-14-7-3-1-4-8-14/h1-10H,11-13H2,(H,17,18). The van der Waals surface area contributed by atoms with Crippen LogP contribution in [0.1, 0.15) is 15.9 Å². The quantitative estimate of drug-likeness (QED) is 0.806. The van der Waals surface area contributed by atoms with E-state index < -0.39 is 0 Å². The molecule has 0 atom stereocenters. The van der Waals surface area contributed by atoms with Crippen LogP contribution >= 0.6 is 0 Å². The molecule has 3 nitrogen and oxygen atoms in total. The fourth-order valence-corrected chi connectivity index (χ4v) is 1.69. The van der Waals surface area contributed by atoms with Crippen LogP contribution in [-0.2, 0) is 11.3 Å². The van der Waals surface area contributed by atoms with Crippen molar-refractivity contribution in [2.45, 2.75) is 6.61 Å². The van der Waals surface area contributed by atoms with E-state index in [4.69, 9.17) is 4.74 Å². The third-order valence-corrected chi connectivity index (χ3v) is 2.68. The number of hydrogen-bond donors (Lipinski definition) is 1. The molecular formula is C16H17NO2. The minimum Gasteiger partial charge on any atom is -0.375 e. The largest absolute Gasteiger partial charge is 0.375 e. The van der Waals surface area contributed by atoms with Crippen molar-refractivity contribution >= 4 is 5.91 Å². The number of rotatable bonds is 6. The highest BCUT2D eigenvalue weighted by atomic mass is 16.5. The minimum atomic E-state index is -0.0658. The Hall–Kier alpha value is -2.13. The first-order valence-electron chi connectivity index (χ1n) is 6.31. The van der Waals surface area contributed by atoms with Crippen molar-refractivity contribution in [1.82, 2.24) is 5.32 Å². The van der Waals surface area contributed by atoms with Crippen LogP contribution in [0.3, 0.4) is 0 Å². The van der Waals surface area contributed by atoms with E-state index in [-0.39, 0.29) is 5.91 Å². The fraction of sp³-hybridized carbons (Fsp3) is 0.188. The average molecular weight is 255 g/mol. The van der Waals surface area contributed by atoms with Crippen molar-refractivity contribution in [2.24, 2.45) is 0 Å². The molecule has 2 aromatic carbocycles. The summed E-state index contributed by atoms with van der Waals surface area (Å²) in [4.78, 5) is 11.7. The Kier molecular flexibility index (Phi) is 5.14. The lowest BCUT2D eigenvalue weighted by molar-refractivity contribution is 0.0901. The van der Waals surface area contributed by atoms with Crippen LogP contribution < -0.4 is 5.32 Å². The van der Waals surface area contributed by atoms with Gasteiger partial charge in [-0.25, -0.2) is 0 Å². The Morgan fingerprint density at radius 3 is 2.26 bits per heavy atom. The van der Waals surface area contributed by atoms with Crippen LogP contribution in [0, 0.1) is 0 Å². The van der Waals surface area contributed by atoms with Gasteiger partial charge in [-0.05, 0) is 17.7 Å². The smallest absolute Gasteiger partial charge is 0.251 e. The van der Waals surface area contributed by atoms with Gasteiger partial charge in [-0.15, -0.1) is 0 Å². The molecule has 0 saturated heterocycles. The van der Waals surface area contributed by atoms with Gasteiger partial charge in [0.2, 0.25) is 0 Å². The fourth-order valence-electron chi connectivity index (χ4n) is 1.69. The van der Waals surface area contributed by atoms with Crippen molar-refractivity contribution in [2.75, 3.05) is 13.2 Å². The molecule has 0 heterocycles. The van der Waals surface area contributed by atoms with E-state index in [0.29, 0.717) is 25.3 Å². The summed E-state index contributed by atoms with van der Waals surface area (Å²) in [5.41, 5.74) is 1.81. The van der Waals surface area contributed by atoms with Gasteiger partial charge in [0.15, 0.2) is 0 Å². The van der Waals surface area contributed by atoms with Gasteiger partial charge in [-0.1, -0.05) is 48.5 Å². The van der Waals surface area contributed by atoms with E-state index in [1.807, 2.05) is 48.5 Å². The lowest BCUT2D eigenvalue weighted by atomic mass is 10.2. The Labute approximate surface area is 113 Å². The molecule has 0 radical (unpaired) electrons. The summed E-state index contributed by atoms with van der Waals surface area (Å²) in [5, 5.41) is 2.82. The van der Waals surface area contributed by atoms with Gasteiger partial charge in [0.05, 0.1) is 13.2 Å². The van der Waals surface area contributed by atoms with E-state index >= 15 is 0 Å². The number of hydrogen-bond acceptors (Lipinski definition) is 2. The topological polar surface area (TPSA) is 38.3 Å². The van der Waals surface area contributed by atoms with E-state index in [1.165, 1.54) is 0 Å². The highest BCUT2D eigenvalue weighted by Gasteiger charge is 2.02. The second kappa shape index (κ2) is 7.34. The number of nitrogens with one attached hydrogen (secondary N) is 1. The number of ether oxygens (including phenoxy) is 1. The first kappa shape index (κ1) is 13.3. The van der Waals surface area contributed by atoms with Crippen LogP contribution in [0.4, 0.5) is 0 Å². The van der Waals surface area contributed by atoms with Crippen LogP contribution in [0.5, 0.6) is 0 Å². The maximum absolute atomic E-state index is 11.7. The van der Waals surface area contributed by atoms with E-state index in [9.17, 15) is 4.79 Å². The SMILES string of the molecule is O=C(NCCOCc1ccccc1)c1ccccc1. The molecule has 0 spiro atoms. The average Bonchev–Trinajstić information content (AvgIpc) is 2.49. The molecule has 98 valence electrons. The molecule has 0 aliphatic carbocycles. The lowest BCUT2D eigenvalue weighted by Crippen LogP contribution is -2.27. The van der Waals surface area contributed by atoms with Gasteiger partial charge >= 0.3 is 0 Å². The van der Waals surface area contributed by atoms with Crippen molar-refractivity contribution < 1.29 is 9.53 Å². The molecule has 19 heavy (non-hydrogen) atoms. The minimum absolute atomic E-state index is 0.0658. The number of carbonyl (C=O) groups is 1. The summed E-state index contributed by atoms with van der Waals surface area (Å²) in [6, 6.07) is 19.1. The van der Waals surface area contributed by atoms with Crippen molar-refractivity contribution in [1.29, 1.82) is 0 Å². The maximum Gasteiger partial charge on any atom is 0.251 e. The molecular weight excluding hydrogens is 238 g/mol. The Balaban J connectivity index is 1.63. The summed E-state index contributed by atoms with van der Waals surface area (Å²) in [6.07, 6.45) is 0. The highest BCUT2D eigenvalue weighted by Crippen LogP contribution is 2.00. The second-order valence-electron chi connectivity index (χ2n) is 4.16. The molecule has 1 N–H and O–H groups in total. The summed E-state index contributed by atoms with van der Waals surface area (Å²) in [7, 11) is 0. The monoisotopic (exact) mass is 255 g/mol. The van der Waals surface area contributed by atoms with Crippen LogP contribution in [0.15, 0.2) is 60.7 Å². The zero-order valence-electron chi connectivity index (χ0n) is 10.7. The van der Waals surface area contributed by atoms with Crippen molar-refractivity contribution in [3.8, 4) is 0 Å². The molecule has 0 aliphatic heterocycles. The summed E-state index contributed by atoms with van der Waals surface area (Å²) in [6.45, 7) is 1.59. The Morgan fingerprint density at radius 2 is 1.58 bits per heavy atom. The Bertz CT molecular complexity index is 497. The van der Waals surface area contributed by atoms with E-state index in [1.54, 1.807) is 12.1 Å². The second-order valence-corrected chi connectivity index (χ2v) is 4.16. The van der Waals surface area contributed by atoms with E-state index in [0.717, 1.165) is 5.56 Å². The van der Waals surface area contributed by atoms with E-state index in [2.05, 4.69) is 5.32 Å². The predicted molar refractivity (Wildman–Crippen MR) is 74.9 cm³/mol. The molecule has 0 bridgehead atoms. The molecule has 1 amide bonds. The zero-order valence-corrected chi connectivity index (χ0v) is 10.7. The molecule has 0 aliphatic rings. The highest BCUT2D eigenvalue weighted by molar-refractivity contribution is 5.94. The molecule has 2 aromatic rings. The van der Waals surface area contributed by atoms with Crippen molar-refractivity contribution in [3.05, 3.63) is 71.8 Å². The third-order valence-electron chi connectivity index (χ3n) is 2.68. The van der Waals surface area contributed by atoms with Gasteiger partial charge in [-0.2, -0.15) is 0 Å². The molecule has 0 aromatic heterocycles. The van der Waals surface area contributed by atoms with Crippen LogP contribution in [0.25, 0.3) is 0 Å². The normalized spacial score (nSPS) is 10.1. The Morgan fingerprint density at radius 1 is 0.947 bits per heavy atom. The predicted octanol–water partition coefficient (Wildman–Crippen LogP) is 2.63. The van der Waals surface area contributed by atoms with Gasteiger partial charge in [0, 0.05) is 12.1 Å². The zero-order chi connectivity index (χ0) is 13.3. The number of benzene rings is 2. The van der Waals surface area contributed by atoms with Gasteiger partial charge in [0.25, 0.3) is 5.91 Å². The van der Waals surface area contributed by atoms with Crippen LogP contribution in [-0.4, -0.2) is 19.1 Å². The molecule has 0 saturated carbocycles. The maximum atomic E-state index is 11.7. The molecule has 2 rings (SSSR count). The lowest BCUT2D eigenvalue weighted by Gasteiger charge is -2.06. The van der Waals surface area contributed by atoms with Gasteiger partial charge in [0.1, 0.15) is 0 Å². The summed E-state index contributed by atoms with van der Waals surface area (Å²) < 4.78 is 5.49. The van der Waals surface area contributed by atoms with Gasteiger partial charge < -0.3 is 10.1 Å². The van der Waals surface area contributed by atoms with Gasteiger partial charge in [-0.3, -0.25) is 4.79 Å². The van der Waals surface area contributed by atoms with Crippen LogP contribution in [0.2, 0.25) is 0 Å². The first-order valence-corrected chi connectivity index (χ1v) is 6.31. The number of carbonyl (C=O) groups excluding carboxylic acids is 1. The summed E-state index contributed by atoms with van der Waals surface area (Å²) >= 11 is 0. The summed E-state index contributed by atoms with van der Waals surface area (Å²) in [5.74, 6) is -0.0658. The molecule has 0 fully saturated rings. The first-order chi connectivity index (χ1) is 9.36.